The summed E-state index contributed by atoms with van der Waals surface area (Å²) in [5.41, 5.74) is 7.33. The van der Waals surface area contributed by atoms with Gasteiger partial charge in [0.25, 0.3) is 5.91 Å². The number of nitrogens with zero attached hydrogens (tertiary/aromatic N) is 3. The van der Waals surface area contributed by atoms with E-state index in [1.54, 1.807) is 22.8 Å². The molecule has 4 rings (SSSR count). The van der Waals surface area contributed by atoms with E-state index in [0.29, 0.717) is 30.2 Å². The Labute approximate surface area is 197 Å². The third kappa shape index (κ3) is 4.69. The molecule has 8 nitrogen and oxygen atoms in total. The SMILES string of the molecule is CCC[C@H](C)Oc1cc(-n2nc3n(c2=O)CCCC3)c(F)cc1C(=O)Nc1ccc(N)cc1C. The average molecular weight is 468 g/mol. The Kier molecular flexibility index (Phi) is 6.72. The molecule has 0 radical (unpaired) electrons. The molecule has 0 fully saturated rings. The van der Waals surface area contributed by atoms with Gasteiger partial charge in [0.15, 0.2) is 0 Å². The van der Waals surface area contributed by atoms with Crippen molar-refractivity contribution in [3.05, 3.63) is 63.6 Å². The highest BCUT2D eigenvalue weighted by Crippen LogP contribution is 2.29. The average Bonchev–Trinajstić information content (AvgIpc) is 3.13. The lowest BCUT2D eigenvalue weighted by Crippen LogP contribution is -2.27. The van der Waals surface area contributed by atoms with Crippen molar-refractivity contribution in [1.82, 2.24) is 14.3 Å². The van der Waals surface area contributed by atoms with Crippen molar-refractivity contribution in [1.29, 1.82) is 0 Å². The molecule has 3 N–H and O–H groups in total. The van der Waals surface area contributed by atoms with Gasteiger partial charge >= 0.3 is 5.69 Å². The fourth-order valence-corrected chi connectivity index (χ4v) is 4.24. The zero-order chi connectivity index (χ0) is 24.4. The molecule has 1 aromatic heterocycles. The van der Waals surface area contributed by atoms with Crippen LogP contribution in [0.25, 0.3) is 5.69 Å². The quantitative estimate of drug-likeness (QED) is 0.507. The molecule has 0 saturated heterocycles. The Hall–Kier alpha value is -3.62. The number of hydrogen-bond acceptors (Lipinski definition) is 5. The number of halogens is 1. The summed E-state index contributed by atoms with van der Waals surface area (Å²) in [6, 6.07) is 7.62. The second-order valence-corrected chi connectivity index (χ2v) is 8.76. The second-order valence-electron chi connectivity index (χ2n) is 8.76. The Balaban J connectivity index is 1.76. The fraction of sp³-hybridized carbons (Fsp3) is 0.400. The summed E-state index contributed by atoms with van der Waals surface area (Å²) in [6.45, 7) is 6.31. The van der Waals surface area contributed by atoms with Crippen LogP contribution in [0.3, 0.4) is 0 Å². The molecule has 1 aliphatic rings. The molecule has 1 amide bonds. The number of aryl methyl sites for hydroxylation is 2. The van der Waals surface area contributed by atoms with E-state index in [-0.39, 0.29) is 23.1 Å². The monoisotopic (exact) mass is 467 g/mol. The van der Waals surface area contributed by atoms with Crippen LogP contribution in [0.1, 0.15) is 61.3 Å². The van der Waals surface area contributed by atoms with Gasteiger partial charge in [0.2, 0.25) is 0 Å². The highest BCUT2D eigenvalue weighted by Gasteiger charge is 2.24. The molecule has 2 aromatic carbocycles. The molecule has 3 aromatic rings. The number of ether oxygens (including phenoxy) is 1. The molecular weight excluding hydrogens is 437 g/mol. The smallest absolute Gasteiger partial charge is 0.350 e. The van der Waals surface area contributed by atoms with E-state index in [2.05, 4.69) is 10.4 Å². The first-order valence-electron chi connectivity index (χ1n) is 11.6. The number of nitrogen functional groups attached to an aromatic ring is 1. The van der Waals surface area contributed by atoms with Gasteiger partial charge in [-0.15, -0.1) is 5.10 Å². The van der Waals surface area contributed by atoms with Crippen molar-refractivity contribution in [3.8, 4) is 11.4 Å². The van der Waals surface area contributed by atoms with Crippen LogP contribution in [0.15, 0.2) is 35.1 Å². The van der Waals surface area contributed by atoms with Gasteiger partial charge in [0.1, 0.15) is 23.1 Å². The number of benzene rings is 2. The van der Waals surface area contributed by atoms with E-state index in [0.717, 1.165) is 42.0 Å². The summed E-state index contributed by atoms with van der Waals surface area (Å²) in [5, 5.41) is 7.17. The largest absolute Gasteiger partial charge is 0.490 e. The molecule has 9 heteroatoms. The number of anilines is 2. The number of fused-ring (bicyclic) bond motifs is 1. The minimum Gasteiger partial charge on any atom is -0.490 e. The molecular formula is C25H30FN5O3. The number of rotatable bonds is 7. The van der Waals surface area contributed by atoms with E-state index >= 15 is 4.39 Å². The molecule has 0 spiro atoms. The standard InChI is InChI=1S/C25H30FN5O3/c1-4-7-16(3)34-22-14-21(31-25(33)30-11-6-5-8-23(30)29-31)19(26)13-18(22)24(32)28-20-10-9-17(27)12-15(20)2/h9-10,12-14,16H,4-8,11,27H2,1-3H3,(H,28,32)/t16-/m0/s1. The third-order valence-electron chi connectivity index (χ3n) is 6.02. The highest BCUT2D eigenvalue weighted by atomic mass is 19.1. The van der Waals surface area contributed by atoms with Crippen LogP contribution < -0.4 is 21.5 Å². The molecule has 0 aliphatic carbocycles. The number of aromatic nitrogens is 3. The van der Waals surface area contributed by atoms with Gasteiger partial charge in [-0.2, -0.15) is 4.68 Å². The highest BCUT2D eigenvalue weighted by molar-refractivity contribution is 6.06. The van der Waals surface area contributed by atoms with E-state index in [4.69, 9.17) is 10.5 Å². The lowest BCUT2D eigenvalue weighted by Gasteiger charge is -2.18. The van der Waals surface area contributed by atoms with Crippen molar-refractivity contribution in [2.45, 2.75) is 65.5 Å². The Morgan fingerprint density at radius 3 is 2.79 bits per heavy atom. The molecule has 0 saturated carbocycles. The van der Waals surface area contributed by atoms with Crippen LogP contribution in [-0.2, 0) is 13.0 Å². The molecule has 180 valence electrons. The zero-order valence-electron chi connectivity index (χ0n) is 19.7. The van der Waals surface area contributed by atoms with Gasteiger partial charge in [-0.3, -0.25) is 9.36 Å². The number of nitrogens with two attached hydrogens (primary N) is 1. The number of hydrogen-bond donors (Lipinski definition) is 2. The molecule has 0 unspecified atom stereocenters. The lowest BCUT2D eigenvalue weighted by atomic mass is 10.1. The lowest BCUT2D eigenvalue weighted by molar-refractivity contribution is 0.101. The van der Waals surface area contributed by atoms with Gasteiger partial charge in [-0.05, 0) is 62.9 Å². The molecule has 1 atom stereocenters. The molecule has 2 heterocycles. The minimum absolute atomic E-state index is 0.0363. The summed E-state index contributed by atoms with van der Waals surface area (Å²) >= 11 is 0. The zero-order valence-corrected chi connectivity index (χ0v) is 19.7. The van der Waals surface area contributed by atoms with Gasteiger partial charge in [-0.1, -0.05) is 13.3 Å². The van der Waals surface area contributed by atoms with Crippen LogP contribution in [-0.4, -0.2) is 26.4 Å². The van der Waals surface area contributed by atoms with Crippen LogP contribution in [0.4, 0.5) is 15.8 Å². The van der Waals surface area contributed by atoms with Crippen molar-refractivity contribution < 1.29 is 13.9 Å². The van der Waals surface area contributed by atoms with Gasteiger partial charge in [-0.25, -0.2) is 9.18 Å². The summed E-state index contributed by atoms with van der Waals surface area (Å²) in [7, 11) is 0. The molecule has 34 heavy (non-hydrogen) atoms. The first-order chi connectivity index (χ1) is 16.3. The first-order valence-corrected chi connectivity index (χ1v) is 11.6. The maximum atomic E-state index is 15.3. The second kappa shape index (κ2) is 9.70. The van der Waals surface area contributed by atoms with Gasteiger partial charge in [0.05, 0.1) is 11.7 Å². The van der Waals surface area contributed by atoms with Gasteiger partial charge in [0, 0.05) is 30.4 Å². The van der Waals surface area contributed by atoms with Crippen molar-refractivity contribution in [2.24, 2.45) is 0 Å². The summed E-state index contributed by atoms with van der Waals surface area (Å²) in [6.07, 6.45) is 3.92. The molecule has 0 bridgehead atoms. The van der Waals surface area contributed by atoms with Crippen molar-refractivity contribution in [3.63, 3.8) is 0 Å². The number of carbonyl (C=O) groups excluding carboxylic acids is 1. The number of amides is 1. The van der Waals surface area contributed by atoms with Crippen molar-refractivity contribution >= 4 is 17.3 Å². The Morgan fingerprint density at radius 1 is 1.29 bits per heavy atom. The van der Waals surface area contributed by atoms with Crippen LogP contribution in [0.5, 0.6) is 5.75 Å². The van der Waals surface area contributed by atoms with Crippen LogP contribution in [0, 0.1) is 12.7 Å². The normalized spacial score (nSPS) is 13.9. The Bertz CT molecular complexity index is 1280. The van der Waals surface area contributed by atoms with E-state index < -0.39 is 17.4 Å². The van der Waals surface area contributed by atoms with Gasteiger partial charge < -0.3 is 15.8 Å². The fourth-order valence-electron chi connectivity index (χ4n) is 4.24. The maximum absolute atomic E-state index is 15.3. The van der Waals surface area contributed by atoms with Crippen molar-refractivity contribution in [2.75, 3.05) is 11.1 Å². The van der Waals surface area contributed by atoms with Crippen LogP contribution >= 0.6 is 0 Å². The minimum atomic E-state index is -0.729. The number of carbonyl (C=O) groups is 1. The topological polar surface area (TPSA) is 104 Å². The summed E-state index contributed by atoms with van der Waals surface area (Å²) in [4.78, 5) is 26.1. The van der Waals surface area contributed by atoms with Crippen LogP contribution in [0.2, 0.25) is 0 Å². The summed E-state index contributed by atoms with van der Waals surface area (Å²) < 4.78 is 24.0. The maximum Gasteiger partial charge on any atom is 0.350 e. The predicted octanol–water partition coefficient (Wildman–Crippen LogP) is 4.22. The summed E-state index contributed by atoms with van der Waals surface area (Å²) in [5.74, 6) is -0.417. The number of nitrogens with one attached hydrogen (secondary N) is 1. The van der Waals surface area contributed by atoms with E-state index in [1.807, 2.05) is 20.8 Å². The van der Waals surface area contributed by atoms with E-state index in [1.165, 1.54) is 6.07 Å². The first kappa shape index (κ1) is 23.5. The predicted molar refractivity (Wildman–Crippen MR) is 129 cm³/mol. The Morgan fingerprint density at radius 2 is 2.09 bits per heavy atom. The molecule has 1 aliphatic heterocycles. The van der Waals surface area contributed by atoms with E-state index in [9.17, 15) is 9.59 Å². The third-order valence-corrected chi connectivity index (χ3v) is 6.02.